The van der Waals surface area contributed by atoms with E-state index in [1.165, 1.54) is 6.33 Å². The van der Waals surface area contributed by atoms with Crippen molar-refractivity contribution >= 4 is 16.9 Å². The van der Waals surface area contributed by atoms with E-state index in [1.54, 1.807) is 6.20 Å². The van der Waals surface area contributed by atoms with Gasteiger partial charge in [0, 0.05) is 13.2 Å². The lowest BCUT2D eigenvalue weighted by atomic mass is 10.2. The average molecular weight is 236 g/mol. The van der Waals surface area contributed by atoms with Crippen LogP contribution in [-0.4, -0.2) is 47.4 Å². The van der Waals surface area contributed by atoms with E-state index in [1.807, 2.05) is 18.0 Å². The van der Waals surface area contributed by atoms with Crippen LogP contribution in [0.25, 0.3) is 11.0 Å². The van der Waals surface area contributed by atoms with E-state index in [0.29, 0.717) is 6.61 Å². The predicted octanol–water partition coefficient (Wildman–Crippen LogP) is 1.13. The van der Waals surface area contributed by atoms with Crippen LogP contribution in [0.4, 0.5) is 10.2 Å². The van der Waals surface area contributed by atoms with Crippen molar-refractivity contribution in [3.63, 3.8) is 0 Å². The highest BCUT2D eigenvalue weighted by Crippen LogP contribution is 2.25. The van der Waals surface area contributed by atoms with Crippen molar-refractivity contribution in [1.29, 1.82) is 0 Å². The van der Waals surface area contributed by atoms with Crippen LogP contribution in [0.2, 0.25) is 0 Å². The fraction of sp³-hybridized carbons (Fsp3) is 0.455. The molecule has 6 heteroatoms. The molecule has 2 aromatic heterocycles. The van der Waals surface area contributed by atoms with Gasteiger partial charge in [0.1, 0.15) is 24.0 Å². The molecule has 90 valence electrons. The number of likely N-dealkylation sites (N-methyl/N-ethyl adjacent to an activating group) is 1. The molecule has 0 spiro atoms. The lowest BCUT2D eigenvalue weighted by Crippen LogP contribution is -2.39. The molecule has 17 heavy (non-hydrogen) atoms. The van der Waals surface area contributed by atoms with Crippen LogP contribution < -0.4 is 4.90 Å². The van der Waals surface area contributed by atoms with Gasteiger partial charge in [0.25, 0.3) is 0 Å². The zero-order valence-corrected chi connectivity index (χ0v) is 9.43. The summed E-state index contributed by atoms with van der Waals surface area (Å²) in [6, 6.07) is 1.62. The van der Waals surface area contributed by atoms with Gasteiger partial charge in [-0.2, -0.15) is 0 Å². The molecule has 2 aromatic rings. The Balaban J connectivity index is 2.00. The van der Waals surface area contributed by atoms with Gasteiger partial charge in [-0.1, -0.05) is 0 Å². The van der Waals surface area contributed by atoms with Gasteiger partial charge in [-0.05, 0) is 6.07 Å². The first-order valence-corrected chi connectivity index (χ1v) is 5.50. The minimum absolute atomic E-state index is 0.163. The zero-order chi connectivity index (χ0) is 11.8. The molecule has 2 unspecified atom stereocenters. The molecule has 0 saturated carbocycles. The molecule has 1 aliphatic heterocycles. The van der Waals surface area contributed by atoms with Crippen LogP contribution in [-0.2, 0) is 4.74 Å². The van der Waals surface area contributed by atoms with Crippen LogP contribution >= 0.6 is 0 Å². The second kappa shape index (κ2) is 3.96. The number of aromatic nitrogens is 3. The third kappa shape index (κ3) is 1.64. The second-order valence-electron chi connectivity index (χ2n) is 4.17. The van der Waals surface area contributed by atoms with E-state index in [4.69, 9.17) is 4.74 Å². The molecule has 1 fully saturated rings. The first kappa shape index (κ1) is 10.5. The Morgan fingerprint density at radius 3 is 3.12 bits per heavy atom. The van der Waals surface area contributed by atoms with Crippen molar-refractivity contribution in [3.05, 3.63) is 18.6 Å². The third-order valence-electron chi connectivity index (χ3n) is 3.15. The Bertz CT molecular complexity index is 529. The molecule has 0 radical (unpaired) electrons. The highest BCUT2D eigenvalue weighted by Gasteiger charge is 2.32. The number of fused-ring (bicyclic) bond motifs is 1. The molecular weight excluding hydrogens is 223 g/mol. The van der Waals surface area contributed by atoms with Crippen LogP contribution in [0, 0.1) is 0 Å². The molecule has 1 saturated heterocycles. The summed E-state index contributed by atoms with van der Waals surface area (Å²) in [5.74, 6) is 0.731. The Hall–Kier alpha value is -1.69. The van der Waals surface area contributed by atoms with E-state index < -0.39 is 6.17 Å². The van der Waals surface area contributed by atoms with Gasteiger partial charge in [0.2, 0.25) is 0 Å². The molecule has 2 atom stereocenters. The smallest absolute Gasteiger partial charge is 0.146 e. The molecule has 5 nitrogen and oxygen atoms in total. The molecule has 3 heterocycles. The normalized spacial score (nSPS) is 24.4. The summed E-state index contributed by atoms with van der Waals surface area (Å²) in [7, 11) is 1.83. The number of rotatable bonds is 2. The number of aromatic amines is 1. The van der Waals surface area contributed by atoms with Crippen LogP contribution in [0.5, 0.6) is 0 Å². The summed E-state index contributed by atoms with van der Waals surface area (Å²) in [6.07, 6.45) is 2.31. The summed E-state index contributed by atoms with van der Waals surface area (Å²) < 4.78 is 18.8. The van der Waals surface area contributed by atoms with Gasteiger partial charge in [0.05, 0.1) is 24.6 Å². The zero-order valence-electron chi connectivity index (χ0n) is 9.43. The van der Waals surface area contributed by atoms with Crippen LogP contribution in [0.1, 0.15) is 0 Å². The summed E-state index contributed by atoms with van der Waals surface area (Å²) in [5, 5.41) is 0.897. The van der Waals surface area contributed by atoms with E-state index >= 15 is 0 Å². The monoisotopic (exact) mass is 236 g/mol. The highest BCUT2D eigenvalue weighted by molar-refractivity contribution is 5.87. The number of nitrogens with one attached hydrogen (secondary N) is 1. The van der Waals surface area contributed by atoms with Crippen molar-refractivity contribution in [3.8, 4) is 0 Å². The number of hydrogen-bond acceptors (Lipinski definition) is 4. The van der Waals surface area contributed by atoms with Crippen molar-refractivity contribution in [1.82, 2.24) is 15.0 Å². The maximum absolute atomic E-state index is 13.6. The number of anilines is 1. The van der Waals surface area contributed by atoms with E-state index in [9.17, 15) is 4.39 Å². The SMILES string of the molecule is CN(c1ncnc2[nH]ccc12)C1COCC1F. The molecule has 1 aliphatic rings. The van der Waals surface area contributed by atoms with E-state index in [2.05, 4.69) is 15.0 Å². The maximum atomic E-state index is 13.6. The van der Waals surface area contributed by atoms with Gasteiger partial charge >= 0.3 is 0 Å². The number of halogens is 1. The average Bonchev–Trinajstić information content (AvgIpc) is 2.95. The number of H-pyrrole nitrogens is 1. The van der Waals surface area contributed by atoms with E-state index in [-0.39, 0.29) is 12.6 Å². The summed E-state index contributed by atoms with van der Waals surface area (Å²) in [6.45, 7) is 0.559. The number of ether oxygens (including phenoxy) is 1. The van der Waals surface area contributed by atoms with Crippen LogP contribution in [0.3, 0.4) is 0 Å². The van der Waals surface area contributed by atoms with Gasteiger partial charge in [-0.3, -0.25) is 0 Å². The van der Waals surface area contributed by atoms with Gasteiger partial charge in [0.15, 0.2) is 0 Å². The third-order valence-corrected chi connectivity index (χ3v) is 3.15. The molecule has 0 aliphatic carbocycles. The van der Waals surface area contributed by atoms with Gasteiger partial charge in [-0.25, -0.2) is 14.4 Å². The molecule has 3 rings (SSSR count). The molecule has 1 N–H and O–H groups in total. The Labute approximate surface area is 97.6 Å². The van der Waals surface area contributed by atoms with Crippen molar-refractivity contribution in [2.45, 2.75) is 12.2 Å². The largest absolute Gasteiger partial charge is 0.376 e. The highest BCUT2D eigenvalue weighted by atomic mass is 19.1. The second-order valence-corrected chi connectivity index (χ2v) is 4.17. The Morgan fingerprint density at radius 2 is 2.35 bits per heavy atom. The molecule has 0 aromatic carbocycles. The van der Waals surface area contributed by atoms with Crippen molar-refractivity contribution in [2.75, 3.05) is 25.2 Å². The van der Waals surface area contributed by atoms with Crippen molar-refractivity contribution in [2.24, 2.45) is 0 Å². The van der Waals surface area contributed by atoms with Gasteiger partial charge in [-0.15, -0.1) is 0 Å². The summed E-state index contributed by atoms with van der Waals surface area (Å²) in [4.78, 5) is 13.2. The topological polar surface area (TPSA) is 54.0 Å². The van der Waals surface area contributed by atoms with E-state index in [0.717, 1.165) is 16.9 Å². The predicted molar refractivity (Wildman–Crippen MR) is 61.8 cm³/mol. The fourth-order valence-electron chi connectivity index (χ4n) is 2.17. The Morgan fingerprint density at radius 1 is 1.47 bits per heavy atom. The number of alkyl halides is 1. The maximum Gasteiger partial charge on any atom is 0.146 e. The quantitative estimate of drug-likeness (QED) is 0.849. The van der Waals surface area contributed by atoms with Gasteiger partial charge < -0.3 is 14.6 Å². The molecular formula is C11H13FN4O. The standard InChI is InChI=1S/C11H13FN4O/c1-16(9-5-17-4-8(9)12)11-7-2-3-13-10(7)14-6-15-11/h2-3,6,8-9H,4-5H2,1H3,(H,13,14,15). The molecule has 0 bridgehead atoms. The lowest BCUT2D eigenvalue weighted by molar-refractivity contribution is 0.173. The molecule has 0 amide bonds. The Kier molecular flexibility index (Phi) is 2.44. The minimum atomic E-state index is -0.969. The summed E-state index contributed by atoms with van der Waals surface area (Å²) in [5.41, 5.74) is 0.760. The first-order valence-electron chi connectivity index (χ1n) is 5.50. The minimum Gasteiger partial charge on any atom is -0.376 e. The number of hydrogen-bond donors (Lipinski definition) is 1. The lowest BCUT2D eigenvalue weighted by Gasteiger charge is -2.26. The number of nitrogens with zero attached hydrogens (tertiary/aromatic N) is 3. The fourth-order valence-corrected chi connectivity index (χ4v) is 2.17. The van der Waals surface area contributed by atoms with Crippen LogP contribution in [0.15, 0.2) is 18.6 Å². The summed E-state index contributed by atoms with van der Waals surface area (Å²) >= 11 is 0. The first-order chi connectivity index (χ1) is 8.27. The van der Waals surface area contributed by atoms with Crippen molar-refractivity contribution < 1.29 is 9.13 Å².